The van der Waals surface area contributed by atoms with Crippen molar-refractivity contribution in [2.75, 3.05) is 5.32 Å². The van der Waals surface area contributed by atoms with Crippen molar-refractivity contribution >= 4 is 22.4 Å². The van der Waals surface area contributed by atoms with E-state index in [-0.39, 0.29) is 11.8 Å². The molecule has 1 amide bonds. The summed E-state index contributed by atoms with van der Waals surface area (Å²) < 4.78 is 0. The lowest BCUT2D eigenvalue weighted by Gasteiger charge is -2.13. The number of hydrogen-bond donors (Lipinski definition) is 1. The standard InChI is InChI=1S/C12H21N3OS/c1-4-7-9(8-5-2)11(16)13-12-15-14-10(6-3)17-12/h9H,4-8H2,1-3H3,(H,13,15,16). The van der Waals surface area contributed by atoms with E-state index in [0.717, 1.165) is 37.1 Å². The lowest BCUT2D eigenvalue weighted by atomic mass is 9.97. The third-order valence-corrected chi connectivity index (χ3v) is 3.63. The number of nitrogens with one attached hydrogen (secondary N) is 1. The van der Waals surface area contributed by atoms with Crippen LogP contribution in [0.5, 0.6) is 0 Å². The van der Waals surface area contributed by atoms with Crippen LogP contribution < -0.4 is 5.32 Å². The normalized spacial score (nSPS) is 10.8. The SMILES string of the molecule is CCCC(CCC)C(=O)Nc1nnc(CC)s1. The fourth-order valence-electron chi connectivity index (χ4n) is 1.76. The van der Waals surface area contributed by atoms with E-state index in [1.54, 1.807) is 0 Å². The van der Waals surface area contributed by atoms with E-state index in [4.69, 9.17) is 0 Å². The van der Waals surface area contributed by atoms with Gasteiger partial charge >= 0.3 is 0 Å². The van der Waals surface area contributed by atoms with Crippen LogP contribution in [-0.4, -0.2) is 16.1 Å². The Kier molecular flexibility index (Phi) is 6.11. The fraction of sp³-hybridized carbons (Fsp3) is 0.750. The predicted octanol–water partition coefficient (Wildman–Crippen LogP) is 3.26. The smallest absolute Gasteiger partial charge is 0.229 e. The molecule has 1 aromatic rings. The van der Waals surface area contributed by atoms with Gasteiger partial charge in [0.05, 0.1) is 0 Å². The number of nitrogens with zero attached hydrogens (tertiary/aromatic N) is 2. The Morgan fingerprint density at radius 2 is 1.88 bits per heavy atom. The maximum Gasteiger partial charge on any atom is 0.229 e. The summed E-state index contributed by atoms with van der Waals surface area (Å²) >= 11 is 1.46. The van der Waals surface area contributed by atoms with Gasteiger partial charge in [-0.15, -0.1) is 10.2 Å². The molecule has 0 unspecified atom stereocenters. The van der Waals surface area contributed by atoms with Crippen LogP contribution >= 0.6 is 11.3 Å². The van der Waals surface area contributed by atoms with Crippen LogP contribution in [0.4, 0.5) is 5.13 Å². The van der Waals surface area contributed by atoms with Gasteiger partial charge in [-0.2, -0.15) is 0 Å². The summed E-state index contributed by atoms with van der Waals surface area (Å²) in [7, 11) is 0. The second kappa shape index (κ2) is 7.37. The Balaban J connectivity index is 2.56. The van der Waals surface area contributed by atoms with Crippen molar-refractivity contribution in [1.29, 1.82) is 0 Å². The molecule has 1 N–H and O–H groups in total. The molecule has 0 aliphatic rings. The highest BCUT2D eigenvalue weighted by Gasteiger charge is 2.17. The van der Waals surface area contributed by atoms with E-state index in [1.807, 2.05) is 6.92 Å². The Bertz CT molecular complexity index is 345. The molecule has 0 aliphatic carbocycles. The first-order valence-corrected chi connectivity index (χ1v) is 7.16. The second-order valence-electron chi connectivity index (χ2n) is 4.12. The summed E-state index contributed by atoms with van der Waals surface area (Å²) in [6.45, 7) is 6.25. The molecule has 0 fully saturated rings. The summed E-state index contributed by atoms with van der Waals surface area (Å²) in [5.74, 6) is 0.200. The lowest BCUT2D eigenvalue weighted by molar-refractivity contribution is -0.120. The van der Waals surface area contributed by atoms with Crippen molar-refractivity contribution in [3.8, 4) is 0 Å². The topological polar surface area (TPSA) is 54.9 Å². The van der Waals surface area contributed by atoms with Crippen LogP contribution in [0.1, 0.15) is 51.5 Å². The minimum Gasteiger partial charge on any atom is -0.300 e. The molecule has 0 aromatic carbocycles. The van der Waals surface area contributed by atoms with Gasteiger partial charge in [0.15, 0.2) is 0 Å². The lowest BCUT2D eigenvalue weighted by Crippen LogP contribution is -2.22. The van der Waals surface area contributed by atoms with Crippen LogP contribution in [-0.2, 0) is 11.2 Å². The average Bonchev–Trinajstić information content (AvgIpc) is 2.76. The zero-order valence-electron chi connectivity index (χ0n) is 10.8. The summed E-state index contributed by atoms with van der Waals surface area (Å²) in [6.07, 6.45) is 4.82. The van der Waals surface area contributed by atoms with Crippen molar-refractivity contribution in [3.05, 3.63) is 5.01 Å². The summed E-state index contributed by atoms with van der Waals surface area (Å²) in [4.78, 5) is 12.0. The molecule has 17 heavy (non-hydrogen) atoms. The van der Waals surface area contributed by atoms with Gasteiger partial charge in [0.25, 0.3) is 0 Å². The highest BCUT2D eigenvalue weighted by Crippen LogP contribution is 2.19. The Morgan fingerprint density at radius 1 is 1.24 bits per heavy atom. The Morgan fingerprint density at radius 3 is 2.35 bits per heavy atom. The van der Waals surface area contributed by atoms with Crippen LogP contribution in [0, 0.1) is 5.92 Å². The summed E-state index contributed by atoms with van der Waals surface area (Å²) in [5, 5.41) is 12.4. The van der Waals surface area contributed by atoms with E-state index in [1.165, 1.54) is 11.3 Å². The molecular weight excluding hydrogens is 234 g/mol. The van der Waals surface area contributed by atoms with Gasteiger partial charge in [-0.3, -0.25) is 4.79 Å². The number of amides is 1. The summed E-state index contributed by atoms with van der Waals surface area (Å²) in [5.41, 5.74) is 0. The number of hydrogen-bond acceptors (Lipinski definition) is 4. The summed E-state index contributed by atoms with van der Waals surface area (Å²) in [6, 6.07) is 0. The predicted molar refractivity (Wildman–Crippen MR) is 71.2 cm³/mol. The van der Waals surface area contributed by atoms with Gasteiger partial charge in [0.2, 0.25) is 11.0 Å². The molecule has 4 nitrogen and oxygen atoms in total. The third kappa shape index (κ3) is 4.42. The third-order valence-electron chi connectivity index (χ3n) is 2.64. The van der Waals surface area contributed by atoms with Gasteiger partial charge in [0.1, 0.15) is 5.01 Å². The van der Waals surface area contributed by atoms with E-state index >= 15 is 0 Å². The van der Waals surface area contributed by atoms with E-state index < -0.39 is 0 Å². The largest absolute Gasteiger partial charge is 0.300 e. The van der Waals surface area contributed by atoms with Crippen molar-refractivity contribution in [1.82, 2.24) is 10.2 Å². The number of aryl methyl sites for hydroxylation is 1. The maximum atomic E-state index is 12.0. The van der Waals surface area contributed by atoms with E-state index in [0.29, 0.717) is 5.13 Å². The van der Waals surface area contributed by atoms with Crippen LogP contribution in [0.15, 0.2) is 0 Å². The Hall–Kier alpha value is -0.970. The molecule has 1 aromatic heterocycles. The van der Waals surface area contributed by atoms with Crippen molar-refractivity contribution < 1.29 is 4.79 Å². The number of aromatic nitrogens is 2. The zero-order valence-corrected chi connectivity index (χ0v) is 11.6. The first-order chi connectivity index (χ1) is 8.21. The molecular formula is C12H21N3OS. The quantitative estimate of drug-likeness (QED) is 0.813. The molecule has 0 radical (unpaired) electrons. The monoisotopic (exact) mass is 255 g/mol. The molecule has 0 bridgehead atoms. The van der Waals surface area contributed by atoms with Crippen molar-refractivity contribution in [2.24, 2.45) is 5.92 Å². The highest BCUT2D eigenvalue weighted by atomic mass is 32.1. The highest BCUT2D eigenvalue weighted by molar-refractivity contribution is 7.15. The fourth-order valence-corrected chi connectivity index (χ4v) is 2.44. The molecule has 0 aliphatic heterocycles. The first kappa shape index (κ1) is 14.1. The van der Waals surface area contributed by atoms with Crippen LogP contribution in [0.25, 0.3) is 0 Å². The van der Waals surface area contributed by atoms with Gasteiger partial charge in [0, 0.05) is 5.92 Å². The van der Waals surface area contributed by atoms with Crippen molar-refractivity contribution in [3.63, 3.8) is 0 Å². The zero-order chi connectivity index (χ0) is 12.7. The molecule has 0 spiro atoms. The molecule has 0 atom stereocenters. The van der Waals surface area contributed by atoms with Crippen LogP contribution in [0.3, 0.4) is 0 Å². The minimum absolute atomic E-state index is 0.0903. The average molecular weight is 255 g/mol. The van der Waals surface area contributed by atoms with Gasteiger partial charge in [-0.05, 0) is 19.3 Å². The molecule has 0 saturated carbocycles. The number of rotatable bonds is 7. The van der Waals surface area contributed by atoms with Gasteiger partial charge < -0.3 is 5.32 Å². The maximum absolute atomic E-state index is 12.0. The van der Waals surface area contributed by atoms with Gasteiger partial charge in [-0.25, -0.2) is 0 Å². The Labute approximate surface area is 107 Å². The molecule has 1 rings (SSSR count). The number of carbonyl (C=O) groups is 1. The van der Waals surface area contributed by atoms with Crippen LogP contribution in [0.2, 0.25) is 0 Å². The van der Waals surface area contributed by atoms with Crippen molar-refractivity contribution in [2.45, 2.75) is 52.9 Å². The molecule has 5 heteroatoms. The van der Waals surface area contributed by atoms with E-state index in [9.17, 15) is 4.79 Å². The minimum atomic E-state index is 0.0903. The molecule has 96 valence electrons. The molecule has 1 heterocycles. The van der Waals surface area contributed by atoms with Gasteiger partial charge in [-0.1, -0.05) is 44.9 Å². The first-order valence-electron chi connectivity index (χ1n) is 6.34. The number of anilines is 1. The van der Waals surface area contributed by atoms with E-state index in [2.05, 4.69) is 29.4 Å². The second-order valence-corrected chi connectivity index (χ2v) is 5.18. The molecule has 0 saturated heterocycles. The number of carbonyl (C=O) groups excluding carboxylic acids is 1.